The Morgan fingerprint density at radius 1 is 1.14 bits per heavy atom. The summed E-state index contributed by atoms with van der Waals surface area (Å²) in [6, 6.07) is 15.5. The van der Waals surface area contributed by atoms with Crippen molar-refractivity contribution in [2.45, 2.75) is 31.2 Å². The number of aromatic nitrogens is 2. The van der Waals surface area contributed by atoms with Gasteiger partial charge >= 0.3 is 0 Å². The van der Waals surface area contributed by atoms with Crippen LogP contribution < -0.4 is 9.64 Å². The average Bonchev–Trinajstić information content (AvgIpc) is 3.35. The summed E-state index contributed by atoms with van der Waals surface area (Å²) >= 11 is 1.39. The highest BCUT2D eigenvalue weighted by molar-refractivity contribution is 7.89. The molecule has 0 bridgehead atoms. The molecular weight excluding hydrogens is 508 g/mol. The number of piperidine rings is 1. The van der Waals surface area contributed by atoms with Crippen molar-refractivity contribution in [2.75, 3.05) is 25.1 Å². The summed E-state index contributed by atoms with van der Waals surface area (Å²) < 4.78 is 34.0. The van der Waals surface area contributed by atoms with Crippen molar-refractivity contribution in [1.82, 2.24) is 14.3 Å². The Morgan fingerprint density at radius 3 is 2.57 bits per heavy atom. The maximum absolute atomic E-state index is 13.7. The Hall–Kier alpha value is -3.34. The Balaban J connectivity index is 1.45. The molecule has 1 saturated heterocycles. The SMILES string of the molecule is COc1ccc2nc(N(Cc3cccnc3)C(=O)c3ccc(S(=O)(=O)N4CCC(C)CC4)cc3)sc2c1. The first-order chi connectivity index (χ1) is 17.8. The third-order valence-electron chi connectivity index (χ3n) is 6.61. The average molecular weight is 537 g/mol. The van der Waals surface area contributed by atoms with Gasteiger partial charge in [-0.1, -0.05) is 24.3 Å². The van der Waals surface area contributed by atoms with Gasteiger partial charge in [-0.25, -0.2) is 13.4 Å². The van der Waals surface area contributed by atoms with E-state index in [0.717, 1.165) is 28.6 Å². The summed E-state index contributed by atoms with van der Waals surface area (Å²) in [6.07, 6.45) is 5.11. The molecule has 37 heavy (non-hydrogen) atoms. The summed E-state index contributed by atoms with van der Waals surface area (Å²) in [6.45, 7) is 3.45. The van der Waals surface area contributed by atoms with Crippen LogP contribution in [0.5, 0.6) is 5.75 Å². The maximum Gasteiger partial charge on any atom is 0.260 e. The van der Waals surface area contributed by atoms with Gasteiger partial charge in [-0.15, -0.1) is 0 Å². The van der Waals surface area contributed by atoms with E-state index in [1.54, 1.807) is 36.5 Å². The number of methoxy groups -OCH3 is 1. The van der Waals surface area contributed by atoms with Gasteiger partial charge in [0, 0.05) is 31.0 Å². The second-order valence-electron chi connectivity index (χ2n) is 9.19. The summed E-state index contributed by atoms with van der Waals surface area (Å²) in [5.41, 5.74) is 2.00. The lowest BCUT2D eigenvalue weighted by atomic mass is 10.0. The van der Waals surface area contributed by atoms with E-state index in [1.807, 2.05) is 30.3 Å². The number of hydrogen-bond acceptors (Lipinski definition) is 7. The summed E-state index contributed by atoms with van der Waals surface area (Å²) in [4.78, 5) is 24.4. The number of pyridine rings is 1. The van der Waals surface area contributed by atoms with Crippen molar-refractivity contribution in [2.24, 2.45) is 5.92 Å². The lowest BCUT2D eigenvalue weighted by Gasteiger charge is -2.29. The van der Waals surface area contributed by atoms with E-state index in [1.165, 1.54) is 27.8 Å². The molecule has 3 heterocycles. The van der Waals surface area contributed by atoms with Gasteiger partial charge in [-0.2, -0.15) is 4.31 Å². The fourth-order valence-corrected chi connectivity index (χ4v) is 6.80. The third-order valence-corrected chi connectivity index (χ3v) is 9.56. The van der Waals surface area contributed by atoms with Gasteiger partial charge in [0.1, 0.15) is 5.75 Å². The molecule has 1 aliphatic heterocycles. The lowest BCUT2D eigenvalue weighted by Crippen LogP contribution is -2.37. The monoisotopic (exact) mass is 536 g/mol. The normalized spacial score (nSPS) is 15.1. The number of benzene rings is 2. The van der Waals surface area contributed by atoms with Gasteiger partial charge in [0.25, 0.3) is 5.91 Å². The number of amides is 1. The first-order valence-electron chi connectivity index (χ1n) is 12.1. The highest BCUT2D eigenvalue weighted by Crippen LogP contribution is 2.33. The summed E-state index contributed by atoms with van der Waals surface area (Å²) in [5, 5.41) is 0.538. The molecule has 0 radical (unpaired) electrons. The number of hydrogen-bond donors (Lipinski definition) is 0. The van der Waals surface area contributed by atoms with Crippen molar-refractivity contribution < 1.29 is 17.9 Å². The molecule has 5 rings (SSSR count). The van der Waals surface area contributed by atoms with E-state index >= 15 is 0 Å². The molecule has 10 heteroatoms. The molecule has 0 spiro atoms. The number of thiazole rings is 1. The summed E-state index contributed by atoms with van der Waals surface area (Å²) in [5.74, 6) is 0.972. The predicted octanol–water partition coefficient (Wildman–Crippen LogP) is 4.97. The molecule has 2 aromatic carbocycles. The van der Waals surface area contributed by atoms with E-state index < -0.39 is 10.0 Å². The predicted molar refractivity (Wildman–Crippen MR) is 145 cm³/mol. The van der Waals surface area contributed by atoms with Crippen molar-refractivity contribution in [3.05, 3.63) is 78.1 Å². The van der Waals surface area contributed by atoms with Crippen molar-refractivity contribution >= 4 is 42.6 Å². The topological polar surface area (TPSA) is 92.7 Å². The van der Waals surface area contributed by atoms with Gasteiger partial charge in [0.15, 0.2) is 5.13 Å². The van der Waals surface area contributed by atoms with E-state index in [2.05, 4.69) is 11.9 Å². The van der Waals surface area contributed by atoms with Crippen LogP contribution in [0.3, 0.4) is 0 Å². The van der Waals surface area contributed by atoms with Crippen LogP contribution in [0.1, 0.15) is 35.7 Å². The smallest absolute Gasteiger partial charge is 0.260 e. The summed E-state index contributed by atoms with van der Waals surface area (Å²) in [7, 11) is -1.99. The van der Waals surface area contributed by atoms with Crippen molar-refractivity contribution in [3.63, 3.8) is 0 Å². The Kier molecular flexibility index (Phi) is 7.23. The van der Waals surface area contributed by atoms with Gasteiger partial charge in [0.2, 0.25) is 10.0 Å². The molecule has 4 aromatic rings. The van der Waals surface area contributed by atoms with Gasteiger partial charge in [-0.05, 0) is 72.9 Å². The van der Waals surface area contributed by atoms with Crippen molar-refractivity contribution in [3.8, 4) is 5.75 Å². The minimum absolute atomic E-state index is 0.199. The second-order valence-corrected chi connectivity index (χ2v) is 12.1. The molecule has 192 valence electrons. The number of carbonyl (C=O) groups is 1. The highest BCUT2D eigenvalue weighted by atomic mass is 32.2. The van der Waals surface area contributed by atoms with E-state index in [9.17, 15) is 13.2 Å². The Bertz CT molecular complexity index is 1500. The minimum atomic E-state index is -3.59. The number of nitrogens with zero attached hydrogens (tertiary/aromatic N) is 4. The van der Waals surface area contributed by atoms with Crippen LogP contribution in [0.2, 0.25) is 0 Å². The number of fused-ring (bicyclic) bond motifs is 1. The lowest BCUT2D eigenvalue weighted by molar-refractivity contribution is 0.0985. The van der Waals surface area contributed by atoms with Crippen LogP contribution in [0.4, 0.5) is 5.13 Å². The molecule has 1 amide bonds. The third kappa shape index (κ3) is 5.36. The zero-order valence-corrected chi connectivity index (χ0v) is 22.3. The quantitative estimate of drug-likeness (QED) is 0.331. The second kappa shape index (κ2) is 10.6. The molecule has 1 fully saturated rings. The number of sulfonamides is 1. The number of carbonyl (C=O) groups excluding carboxylic acids is 1. The Labute approximate surface area is 220 Å². The fraction of sp³-hybridized carbons (Fsp3) is 0.296. The number of anilines is 1. The van der Waals surface area contributed by atoms with Crippen LogP contribution in [0.15, 0.2) is 71.9 Å². The van der Waals surface area contributed by atoms with Gasteiger partial charge in [0.05, 0.1) is 28.8 Å². The van der Waals surface area contributed by atoms with E-state index in [-0.39, 0.29) is 17.3 Å². The molecule has 0 N–H and O–H groups in total. The minimum Gasteiger partial charge on any atom is -0.497 e. The number of ether oxygens (including phenoxy) is 1. The maximum atomic E-state index is 13.7. The van der Waals surface area contributed by atoms with Crippen LogP contribution >= 0.6 is 11.3 Å². The zero-order valence-electron chi connectivity index (χ0n) is 20.7. The standard InChI is InChI=1S/C27H28N4O4S2/c1-19-11-14-30(15-12-19)37(33,34)23-8-5-21(6-9-23)26(32)31(18-20-4-3-13-28-17-20)27-29-24-10-7-22(35-2)16-25(24)36-27/h3-10,13,16-17,19H,11-12,14-15,18H2,1-2H3. The largest absolute Gasteiger partial charge is 0.497 e. The van der Waals surface area contributed by atoms with Crippen LogP contribution in [0.25, 0.3) is 10.2 Å². The van der Waals surface area contributed by atoms with Crippen LogP contribution in [0, 0.1) is 5.92 Å². The molecule has 8 nitrogen and oxygen atoms in total. The molecular formula is C27H28N4O4S2. The number of rotatable bonds is 7. The molecule has 0 aliphatic carbocycles. The van der Waals surface area contributed by atoms with Crippen molar-refractivity contribution in [1.29, 1.82) is 0 Å². The fourth-order valence-electron chi connectivity index (χ4n) is 4.34. The van der Waals surface area contributed by atoms with Crippen LogP contribution in [-0.4, -0.2) is 48.8 Å². The molecule has 0 saturated carbocycles. The molecule has 2 aromatic heterocycles. The van der Waals surface area contributed by atoms with E-state index in [0.29, 0.717) is 35.5 Å². The van der Waals surface area contributed by atoms with E-state index in [4.69, 9.17) is 9.72 Å². The highest BCUT2D eigenvalue weighted by Gasteiger charge is 2.29. The molecule has 0 atom stereocenters. The first kappa shape index (κ1) is 25.3. The van der Waals surface area contributed by atoms with Gasteiger partial charge < -0.3 is 4.74 Å². The zero-order chi connectivity index (χ0) is 26.0. The molecule has 0 unspecified atom stereocenters. The first-order valence-corrected chi connectivity index (χ1v) is 14.4. The Morgan fingerprint density at radius 2 is 1.89 bits per heavy atom. The molecule has 1 aliphatic rings. The van der Waals surface area contributed by atoms with Crippen LogP contribution in [-0.2, 0) is 16.6 Å². The van der Waals surface area contributed by atoms with Gasteiger partial charge in [-0.3, -0.25) is 14.7 Å².